The molecule has 19 heavy (non-hydrogen) atoms. The van der Waals surface area contributed by atoms with E-state index in [-0.39, 0.29) is 0 Å². The van der Waals surface area contributed by atoms with E-state index in [1.807, 2.05) is 6.92 Å². The maximum Gasteiger partial charge on any atom is 0.105 e. The summed E-state index contributed by atoms with van der Waals surface area (Å²) in [5, 5.41) is 3.60. The minimum Gasteiger partial charge on any atom is -0.466 e. The highest BCUT2D eigenvalue weighted by Gasteiger charge is 2.32. The predicted molar refractivity (Wildman–Crippen MR) is 77.4 cm³/mol. The van der Waals surface area contributed by atoms with Crippen LogP contribution in [0, 0.1) is 19.8 Å². The second-order valence-corrected chi connectivity index (χ2v) is 5.63. The lowest BCUT2D eigenvalue weighted by Crippen LogP contribution is -2.34. The normalized spacial score (nSPS) is 24.2. The third-order valence-corrected chi connectivity index (χ3v) is 4.07. The maximum atomic E-state index is 5.67. The average Bonchev–Trinajstić information content (AvgIpc) is 2.64. The molecule has 0 aliphatic heterocycles. The fourth-order valence-electron chi connectivity index (χ4n) is 3.14. The van der Waals surface area contributed by atoms with Crippen LogP contribution in [0.1, 0.15) is 56.2 Å². The molecule has 1 aliphatic carbocycles. The van der Waals surface area contributed by atoms with Crippen LogP contribution < -0.4 is 5.32 Å². The first-order chi connectivity index (χ1) is 9.13. The van der Waals surface area contributed by atoms with E-state index in [9.17, 15) is 0 Å². The van der Waals surface area contributed by atoms with Crippen molar-refractivity contribution in [2.75, 3.05) is 13.2 Å². The third-order valence-electron chi connectivity index (χ3n) is 4.07. The Bertz CT molecular complexity index is 393. The van der Waals surface area contributed by atoms with Crippen LogP contribution in [0.25, 0.3) is 0 Å². The topological polar surface area (TPSA) is 34.4 Å². The van der Waals surface area contributed by atoms with Crippen LogP contribution in [0.3, 0.4) is 0 Å². The van der Waals surface area contributed by atoms with E-state index in [0.29, 0.717) is 12.1 Å². The summed E-state index contributed by atoms with van der Waals surface area (Å²) in [6.45, 7) is 10.2. The zero-order valence-corrected chi connectivity index (χ0v) is 12.7. The summed E-state index contributed by atoms with van der Waals surface area (Å²) in [6, 6.07) is 2.61. The summed E-state index contributed by atoms with van der Waals surface area (Å²) in [6.07, 6.45) is 4.12. The van der Waals surface area contributed by atoms with Gasteiger partial charge in [-0.2, -0.15) is 0 Å². The van der Waals surface area contributed by atoms with Gasteiger partial charge in [-0.1, -0.05) is 6.92 Å². The molecule has 1 aromatic rings. The summed E-state index contributed by atoms with van der Waals surface area (Å²) in [5.74, 6) is 2.86. The van der Waals surface area contributed by atoms with Crippen LogP contribution in [-0.2, 0) is 4.74 Å². The molecule has 0 spiro atoms. The summed E-state index contributed by atoms with van der Waals surface area (Å²) in [4.78, 5) is 0. The van der Waals surface area contributed by atoms with E-state index < -0.39 is 0 Å². The van der Waals surface area contributed by atoms with Gasteiger partial charge in [0.2, 0.25) is 0 Å². The smallest absolute Gasteiger partial charge is 0.105 e. The number of ether oxygens (including phenoxy) is 1. The highest BCUT2D eigenvalue weighted by atomic mass is 16.5. The van der Waals surface area contributed by atoms with Gasteiger partial charge in [0.25, 0.3) is 0 Å². The monoisotopic (exact) mass is 265 g/mol. The number of rotatable bonds is 7. The molecule has 108 valence electrons. The molecule has 1 N–H and O–H groups in total. The molecule has 1 fully saturated rings. The van der Waals surface area contributed by atoms with Crippen molar-refractivity contribution in [1.29, 1.82) is 0 Å². The molecule has 1 aliphatic rings. The van der Waals surface area contributed by atoms with Crippen molar-refractivity contribution in [2.24, 2.45) is 5.92 Å². The maximum absolute atomic E-state index is 5.67. The fourth-order valence-corrected chi connectivity index (χ4v) is 3.14. The van der Waals surface area contributed by atoms with Gasteiger partial charge in [0.1, 0.15) is 11.5 Å². The molecule has 1 atom stereocenters. The largest absolute Gasteiger partial charge is 0.466 e. The van der Waals surface area contributed by atoms with Crippen molar-refractivity contribution < 1.29 is 9.15 Å². The number of aryl methyl sites for hydroxylation is 2. The molecule has 0 aromatic carbocycles. The number of nitrogens with one attached hydrogen (secondary N) is 1. The number of hydrogen-bond acceptors (Lipinski definition) is 3. The molecule has 1 heterocycles. The van der Waals surface area contributed by atoms with Crippen molar-refractivity contribution >= 4 is 0 Å². The van der Waals surface area contributed by atoms with Gasteiger partial charge in [-0.15, -0.1) is 0 Å². The first kappa shape index (κ1) is 14.6. The molecule has 3 heteroatoms. The molecular formula is C16H27NO2. The van der Waals surface area contributed by atoms with Crippen LogP contribution in [0.5, 0.6) is 0 Å². The van der Waals surface area contributed by atoms with Gasteiger partial charge in [0, 0.05) is 18.2 Å². The molecule has 1 unspecified atom stereocenters. The van der Waals surface area contributed by atoms with E-state index in [2.05, 4.69) is 32.2 Å². The van der Waals surface area contributed by atoms with E-state index in [1.165, 1.54) is 24.8 Å². The van der Waals surface area contributed by atoms with Crippen molar-refractivity contribution in [3.63, 3.8) is 0 Å². The lowest BCUT2D eigenvalue weighted by molar-refractivity contribution is -0.0291. The summed E-state index contributed by atoms with van der Waals surface area (Å²) >= 11 is 0. The standard InChI is InChI=1S/C16H27NO2/c1-5-17-16(15-7-11(3)19-12(15)4)10-13-8-14(9-13)18-6-2/h7,13-14,16-17H,5-6,8-10H2,1-4H3. The zero-order chi connectivity index (χ0) is 13.8. The molecule has 1 saturated carbocycles. The average molecular weight is 265 g/mol. The molecule has 0 amide bonds. The van der Waals surface area contributed by atoms with Gasteiger partial charge in [-0.3, -0.25) is 0 Å². The Balaban J connectivity index is 1.92. The van der Waals surface area contributed by atoms with Crippen LogP contribution in [0.2, 0.25) is 0 Å². The van der Waals surface area contributed by atoms with E-state index in [4.69, 9.17) is 9.15 Å². The van der Waals surface area contributed by atoms with Crippen molar-refractivity contribution in [3.05, 3.63) is 23.2 Å². The van der Waals surface area contributed by atoms with Gasteiger partial charge < -0.3 is 14.5 Å². The fraction of sp³-hybridized carbons (Fsp3) is 0.750. The second kappa shape index (κ2) is 6.58. The van der Waals surface area contributed by atoms with Gasteiger partial charge in [-0.25, -0.2) is 0 Å². The van der Waals surface area contributed by atoms with E-state index in [0.717, 1.165) is 30.6 Å². The van der Waals surface area contributed by atoms with Crippen LogP contribution in [-0.4, -0.2) is 19.3 Å². The van der Waals surface area contributed by atoms with Crippen molar-refractivity contribution in [1.82, 2.24) is 5.32 Å². The van der Waals surface area contributed by atoms with Crippen molar-refractivity contribution in [2.45, 2.75) is 59.1 Å². The minimum atomic E-state index is 0.426. The Morgan fingerprint density at radius 2 is 2.11 bits per heavy atom. The molecule has 1 aromatic heterocycles. The molecule has 3 nitrogen and oxygen atoms in total. The first-order valence-electron chi connectivity index (χ1n) is 7.55. The van der Waals surface area contributed by atoms with E-state index in [1.54, 1.807) is 0 Å². The SMILES string of the molecule is CCNC(CC1CC(OCC)C1)c1cc(C)oc1C. The van der Waals surface area contributed by atoms with E-state index >= 15 is 0 Å². The van der Waals surface area contributed by atoms with Crippen LogP contribution in [0.15, 0.2) is 10.5 Å². The predicted octanol–water partition coefficient (Wildman–Crippen LogP) is 3.75. The molecule has 0 radical (unpaired) electrons. The lowest BCUT2D eigenvalue weighted by Gasteiger charge is -2.37. The summed E-state index contributed by atoms with van der Waals surface area (Å²) in [7, 11) is 0. The first-order valence-corrected chi connectivity index (χ1v) is 7.55. The van der Waals surface area contributed by atoms with Gasteiger partial charge in [0.15, 0.2) is 0 Å². The Kier molecular flexibility index (Phi) is 5.06. The highest BCUT2D eigenvalue weighted by Crippen LogP contribution is 2.38. The van der Waals surface area contributed by atoms with Gasteiger partial charge >= 0.3 is 0 Å². The zero-order valence-electron chi connectivity index (χ0n) is 12.7. The Hall–Kier alpha value is -0.800. The van der Waals surface area contributed by atoms with Crippen molar-refractivity contribution in [3.8, 4) is 0 Å². The molecule has 0 bridgehead atoms. The third kappa shape index (κ3) is 3.61. The number of hydrogen-bond donors (Lipinski definition) is 1. The van der Waals surface area contributed by atoms with Gasteiger partial charge in [0.05, 0.1) is 6.10 Å². The van der Waals surface area contributed by atoms with Crippen LogP contribution >= 0.6 is 0 Å². The van der Waals surface area contributed by atoms with Crippen LogP contribution in [0.4, 0.5) is 0 Å². The molecule has 2 rings (SSSR count). The number of furan rings is 1. The summed E-state index contributed by atoms with van der Waals surface area (Å²) in [5.41, 5.74) is 1.33. The van der Waals surface area contributed by atoms with Gasteiger partial charge in [-0.05, 0) is 58.6 Å². The second-order valence-electron chi connectivity index (χ2n) is 5.63. The molecular weight excluding hydrogens is 238 g/mol. The minimum absolute atomic E-state index is 0.426. The Morgan fingerprint density at radius 3 is 2.63 bits per heavy atom. The molecule has 0 saturated heterocycles. The Morgan fingerprint density at radius 1 is 1.37 bits per heavy atom. The lowest BCUT2D eigenvalue weighted by atomic mass is 9.77. The highest BCUT2D eigenvalue weighted by molar-refractivity contribution is 5.24. The Labute approximate surface area is 116 Å². The quantitative estimate of drug-likeness (QED) is 0.815. The summed E-state index contributed by atoms with van der Waals surface area (Å²) < 4.78 is 11.3.